The van der Waals surface area contributed by atoms with Crippen LogP contribution in [-0.4, -0.2) is 33.3 Å². The first-order valence-corrected chi connectivity index (χ1v) is 6.55. The molecule has 0 spiro atoms. The molecule has 2 aromatic carbocycles. The zero-order valence-corrected chi connectivity index (χ0v) is 11.9. The number of nitro groups is 1. The maximum Gasteiger partial charge on any atom is 0.335 e. The van der Waals surface area contributed by atoms with Gasteiger partial charge in [-0.2, -0.15) is 5.10 Å². The Morgan fingerprint density at radius 1 is 1.30 bits per heavy atom. The topological polar surface area (TPSA) is 118 Å². The molecule has 8 nitrogen and oxygen atoms in total. The Hall–Kier alpha value is -3.42. The number of fused-ring (bicyclic) bond motifs is 1. The number of aromatic carboxylic acids is 1. The Bertz CT molecular complexity index is 932. The summed E-state index contributed by atoms with van der Waals surface area (Å²) in [6, 6.07) is 8.83. The second kappa shape index (κ2) is 5.41. The molecular weight excluding hydrogens is 302 g/mol. The first-order chi connectivity index (χ1) is 11.0. The van der Waals surface area contributed by atoms with Crippen molar-refractivity contribution in [3.8, 4) is 17.0 Å². The van der Waals surface area contributed by atoms with Crippen molar-refractivity contribution < 1.29 is 19.6 Å². The third kappa shape index (κ3) is 2.46. The first kappa shape index (κ1) is 14.5. The smallest absolute Gasteiger partial charge is 0.335 e. The molecule has 0 saturated carbocycles. The third-order valence-corrected chi connectivity index (χ3v) is 3.46. The molecule has 2 N–H and O–H groups in total. The zero-order chi connectivity index (χ0) is 16.6. The molecule has 0 radical (unpaired) electrons. The molecule has 3 aromatic rings. The first-order valence-electron chi connectivity index (χ1n) is 6.55. The van der Waals surface area contributed by atoms with Gasteiger partial charge in [0.1, 0.15) is 11.4 Å². The van der Waals surface area contributed by atoms with E-state index in [2.05, 4.69) is 10.2 Å². The maximum atomic E-state index is 11.0. The second-order valence-corrected chi connectivity index (χ2v) is 4.78. The molecule has 3 rings (SSSR count). The number of hydrogen-bond donors (Lipinski definition) is 2. The summed E-state index contributed by atoms with van der Waals surface area (Å²) >= 11 is 0. The number of aromatic nitrogens is 2. The summed E-state index contributed by atoms with van der Waals surface area (Å²) in [6.45, 7) is 0. The van der Waals surface area contributed by atoms with Crippen LogP contribution in [0.4, 0.5) is 5.69 Å². The average molecular weight is 313 g/mol. The van der Waals surface area contributed by atoms with Crippen LogP contribution in [0.2, 0.25) is 0 Å². The van der Waals surface area contributed by atoms with Crippen LogP contribution >= 0.6 is 0 Å². The van der Waals surface area contributed by atoms with E-state index < -0.39 is 10.9 Å². The summed E-state index contributed by atoms with van der Waals surface area (Å²) in [7, 11) is 1.42. The van der Waals surface area contributed by atoms with Crippen molar-refractivity contribution in [3.05, 3.63) is 52.1 Å². The lowest BCUT2D eigenvalue weighted by Gasteiger charge is -2.06. The molecule has 1 heterocycles. The van der Waals surface area contributed by atoms with Gasteiger partial charge in [0.15, 0.2) is 0 Å². The number of nitro benzene ring substituents is 1. The SMILES string of the molecule is COc1cc([N+](=O)[O-])ccc1-c1n[nH]c2cc(C(=O)O)ccc12. The molecule has 1 aromatic heterocycles. The predicted molar refractivity (Wildman–Crippen MR) is 81.7 cm³/mol. The fourth-order valence-electron chi connectivity index (χ4n) is 2.35. The van der Waals surface area contributed by atoms with Gasteiger partial charge in [0.25, 0.3) is 5.69 Å². The summed E-state index contributed by atoms with van der Waals surface area (Å²) in [6.07, 6.45) is 0. The van der Waals surface area contributed by atoms with Gasteiger partial charge in [0.05, 0.1) is 29.2 Å². The number of benzene rings is 2. The summed E-state index contributed by atoms with van der Waals surface area (Å²) < 4.78 is 5.22. The van der Waals surface area contributed by atoms with Gasteiger partial charge in [-0.3, -0.25) is 15.2 Å². The lowest BCUT2D eigenvalue weighted by atomic mass is 10.0. The number of non-ortho nitro benzene ring substituents is 1. The molecule has 0 saturated heterocycles. The van der Waals surface area contributed by atoms with E-state index in [0.29, 0.717) is 27.9 Å². The van der Waals surface area contributed by atoms with Crippen molar-refractivity contribution in [2.45, 2.75) is 0 Å². The highest BCUT2D eigenvalue weighted by Crippen LogP contribution is 2.35. The van der Waals surface area contributed by atoms with Crippen LogP contribution in [0.15, 0.2) is 36.4 Å². The Labute approximate surface area is 129 Å². The Morgan fingerprint density at radius 3 is 2.74 bits per heavy atom. The molecular formula is C15H11N3O5. The van der Waals surface area contributed by atoms with E-state index in [0.717, 1.165) is 0 Å². The fraction of sp³-hybridized carbons (Fsp3) is 0.0667. The molecule has 8 heteroatoms. The molecule has 0 aliphatic carbocycles. The summed E-state index contributed by atoms with van der Waals surface area (Å²) in [4.78, 5) is 21.4. The van der Waals surface area contributed by atoms with E-state index >= 15 is 0 Å². The van der Waals surface area contributed by atoms with Crippen LogP contribution in [0.3, 0.4) is 0 Å². The number of methoxy groups -OCH3 is 1. The largest absolute Gasteiger partial charge is 0.496 e. The van der Waals surface area contributed by atoms with Crippen molar-refractivity contribution >= 4 is 22.6 Å². The van der Waals surface area contributed by atoms with Crippen molar-refractivity contribution in [1.29, 1.82) is 0 Å². The van der Waals surface area contributed by atoms with Gasteiger partial charge in [-0.15, -0.1) is 0 Å². The molecule has 0 amide bonds. The number of carbonyl (C=O) groups is 1. The van der Waals surface area contributed by atoms with Gasteiger partial charge in [-0.05, 0) is 24.3 Å². The van der Waals surface area contributed by atoms with Gasteiger partial charge >= 0.3 is 5.97 Å². The van der Waals surface area contributed by atoms with Gasteiger partial charge < -0.3 is 9.84 Å². The van der Waals surface area contributed by atoms with Crippen LogP contribution < -0.4 is 4.74 Å². The highest BCUT2D eigenvalue weighted by molar-refractivity contribution is 5.99. The minimum atomic E-state index is -1.03. The lowest BCUT2D eigenvalue weighted by molar-refractivity contribution is -0.384. The summed E-state index contributed by atoms with van der Waals surface area (Å²) in [5.74, 6) is -0.717. The molecule has 0 atom stereocenters. The van der Waals surface area contributed by atoms with E-state index in [1.807, 2.05) is 0 Å². The molecule has 0 fully saturated rings. The summed E-state index contributed by atoms with van der Waals surface area (Å²) in [5.41, 5.74) is 1.72. The number of nitrogens with zero attached hydrogens (tertiary/aromatic N) is 2. The van der Waals surface area contributed by atoms with E-state index in [4.69, 9.17) is 9.84 Å². The normalized spacial score (nSPS) is 10.7. The van der Waals surface area contributed by atoms with E-state index in [1.54, 1.807) is 12.1 Å². The Kier molecular flexibility index (Phi) is 3.41. The van der Waals surface area contributed by atoms with Gasteiger partial charge in [0.2, 0.25) is 0 Å². The van der Waals surface area contributed by atoms with Crippen molar-refractivity contribution in [2.24, 2.45) is 0 Å². The molecule has 0 bridgehead atoms. The lowest BCUT2D eigenvalue weighted by Crippen LogP contribution is -1.95. The molecule has 116 valence electrons. The number of ether oxygens (including phenoxy) is 1. The number of hydrogen-bond acceptors (Lipinski definition) is 5. The predicted octanol–water partition coefficient (Wildman–Crippen LogP) is 2.84. The van der Waals surface area contributed by atoms with Gasteiger partial charge in [-0.1, -0.05) is 0 Å². The van der Waals surface area contributed by atoms with Crippen LogP contribution in [0.25, 0.3) is 22.2 Å². The zero-order valence-electron chi connectivity index (χ0n) is 11.9. The number of carboxylic acid groups (broad SMARTS) is 1. The molecule has 0 aliphatic heterocycles. The van der Waals surface area contributed by atoms with E-state index in [9.17, 15) is 14.9 Å². The minimum absolute atomic E-state index is 0.0846. The third-order valence-electron chi connectivity index (χ3n) is 3.46. The second-order valence-electron chi connectivity index (χ2n) is 4.78. The Balaban J connectivity index is 2.17. The minimum Gasteiger partial charge on any atom is -0.496 e. The monoisotopic (exact) mass is 313 g/mol. The van der Waals surface area contributed by atoms with Crippen LogP contribution in [0, 0.1) is 10.1 Å². The molecule has 0 unspecified atom stereocenters. The highest BCUT2D eigenvalue weighted by Gasteiger charge is 2.17. The average Bonchev–Trinajstić information content (AvgIpc) is 2.96. The van der Waals surface area contributed by atoms with Crippen LogP contribution in [-0.2, 0) is 0 Å². The number of H-pyrrole nitrogens is 1. The van der Waals surface area contributed by atoms with E-state index in [1.165, 1.54) is 31.4 Å². The van der Waals surface area contributed by atoms with Crippen molar-refractivity contribution in [1.82, 2.24) is 10.2 Å². The number of aromatic amines is 1. The quantitative estimate of drug-likeness (QED) is 0.564. The van der Waals surface area contributed by atoms with Crippen molar-refractivity contribution in [2.75, 3.05) is 7.11 Å². The van der Waals surface area contributed by atoms with Crippen LogP contribution in [0.1, 0.15) is 10.4 Å². The van der Waals surface area contributed by atoms with E-state index in [-0.39, 0.29) is 11.3 Å². The van der Waals surface area contributed by atoms with Gasteiger partial charge in [-0.25, -0.2) is 4.79 Å². The van der Waals surface area contributed by atoms with Crippen LogP contribution in [0.5, 0.6) is 5.75 Å². The van der Waals surface area contributed by atoms with Crippen molar-refractivity contribution in [3.63, 3.8) is 0 Å². The molecule has 23 heavy (non-hydrogen) atoms. The molecule has 0 aliphatic rings. The highest BCUT2D eigenvalue weighted by atomic mass is 16.6. The number of carboxylic acids is 1. The number of nitrogens with one attached hydrogen (secondary N) is 1. The standard InChI is InChI=1S/C15H11N3O5/c1-23-13-7-9(18(21)22)3-5-11(13)14-10-4-2-8(15(19)20)6-12(10)16-17-14/h2-7H,1H3,(H,16,17)(H,19,20). The maximum absolute atomic E-state index is 11.0. The number of rotatable bonds is 4. The summed E-state index contributed by atoms with van der Waals surface area (Å²) in [5, 5.41) is 27.5. The Morgan fingerprint density at radius 2 is 2.09 bits per heavy atom. The fourth-order valence-corrected chi connectivity index (χ4v) is 2.35. The van der Waals surface area contributed by atoms with Gasteiger partial charge in [0, 0.05) is 17.0 Å².